The van der Waals surface area contributed by atoms with E-state index in [2.05, 4.69) is 10.6 Å². The van der Waals surface area contributed by atoms with Gasteiger partial charge in [0.25, 0.3) is 0 Å². The van der Waals surface area contributed by atoms with Crippen LogP contribution < -0.4 is 10.6 Å². The maximum absolute atomic E-state index is 12.1. The molecule has 1 unspecified atom stereocenters. The lowest BCUT2D eigenvalue weighted by atomic mass is 9.93. The second kappa shape index (κ2) is 6.75. The van der Waals surface area contributed by atoms with Gasteiger partial charge in [-0.3, -0.25) is 9.69 Å². The Morgan fingerprint density at radius 3 is 2.62 bits per heavy atom. The summed E-state index contributed by atoms with van der Waals surface area (Å²) >= 11 is 0. The van der Waals surface area contributed by atoms with E-state index in [0.717, 1.165) is 11.4 Å². The van der Waals surface area contributed by atoms with Crippen molar-refractivity contribution in [1.29, 1.82) is 0 Å². The van der Waals surface area contributed by atoms with Gasteiger partial charge >= 0.3 is 12.0 Å². The minimum atomic E-state index is -1.13. The third-order valence-electron chi connectivity index (χ3n) is 3.19. The van der Waals surface area contributed by atoms with Gasteiger partial charge in [-0.2, -0.15) is 0 Å². The Morgan fingerprint density at radius 2 is 2.10 bits per heavy atom. The standard InChI is InChI=1S/C13H24N4O4/c1-13(2,8-16(3)4)7-15-12(21)17-6-10(18)14-5-9(17)11(19)20/h9H,5-8H2,1-4H3,(H,14,18)(H,15,21)(H,19,20). The zero-order valence-electron chi connectivity index (χ0n) is 13.0. The number of carbonyl (C=O) groups is 3. The van der Waals surface area contributed by atoms with Crippen molar-refractivity contribution in [3.05, 3.63) is 0 Å². The fourth-order valence-corrected chi connectivity index (χ4v) is 2.40. The van der Waals surface area contributed by atoms with Crippen molar-refractivity contribution in [1.82, 2.24) is 20.4 Å². The van der Waals surface area contributed by atoms with Crippen molar-refractivity contribution >= 4 is 17.9 Å². The fourth-order valence-electron chi connectivity index (χ4n) is 2.40. The number of hydrogen-bond donors (Lipinski definition) is 3. The molecule has 0 aromatic carbocycles. The lowest BCUT2D eigenvalue weighted by Crippen LogP contribution is -2.61. The summed E-state index contributed by atoms with van der Waals surface area (Å²) in [5.74, 6) is -1.48. The first kappa shape index (κ1) is 17.2. The number of nitrogens with zero attached hydrogens (tertiary/aromatic N) is 2. The van der Waals surface area contributed by atoms with Gasteiger partial charge in [-0.1, -0.05) is 13.8 Å². The predicted molar refractivity (Wildman–Crippen MR) is 76.9 cm³/mol. The van der Waals surface area contributed by atoms with E-state index in [1.54, 1.807) is 0 Å². The summed E-state index contributed by atoms with van der Waals surface area (Å²) in [6, 6.07) is -1.55. The molecule has 1 atom stereocenters. The third kappa shape index (κ3) is 5.22. The Bertz CT molecular complexity index is 422. The molecule has 120 valence electrons. The smallest absolute Gasteiger partial charge is 0.328 e. The molecule has 8 nitrogen and oxygen atoms in total. The SMILES string of the molecule is CN(C)CC(C)(C)CNC(=O)N1CC(=O)NCC1C(=O)O. The molecule has 21 heavy (non-hydrogen) atoms. The van der Waals surface area contributed by atoms with Crippen molar-refractivity contribution in [2.24, 2.45) is 5.41 Å². The molecule has 0 radical (unpaired) electrons. The average molecular weight is 300 g/mol. The number of carboxylic acid groups (broad SMARTS) is 1. The molecule has 1 aliphatic rings. The van der Waals surface area contributed by atoms with Crippen molar-refractivity contribution in [3.63, 3.8) is 0 Å². The molecule has 3 amide bonds. The number of carboxylic acids is 1. The lowest BCUT2D eigenvalue weighted by Gasteiger charge is -2.34. The van der Waals surface area contributed by atoms with Gasteiger partial charge in [-0.15, -0.1) is 0 Å². The number of amides is 3. The van der Waals surface area contributed by atoms with Crippen LogP contribution >= 0.6 is 0 Å². The highest BCUT2D eigenvalue weighted by Gasteiger charge is 2.35. The Hall–Kier alpha value is -1.83. The molecule has 1 heterocycles. The number of carbonyl (C=O) groups excluding carboxylic acids is 2. The van der Waals surface area contributed by atoms with Crippen LogP contribution in [0.5, 0.6) is 0 Å². The zero-order chi connectivity index (χ0) is 16.2. The minimum Gasteiger partial charge on any atom is -0.480 e. The molecule has 0 aliphatic carbocycles. The quantitative estimate of drug-likeness (QED) is 0.615. The van der Waals surface area contributed by atoms with Crippen molar-refractivity contribution in [2.45, 2.75) is 19.9 Å². The van der Waals surface area contributed by atoms with Crippen LogP contribution in [0.1, 0.15) is 13.8 Å². The predicted octanol–water partition coefficient (Wildman–Crippen LogP) is -0.831. The van der Waals surface area contributed by atoms with Crippen molar-refractivity contribution < 1.29 is 19.5 Å². The van der Waals surface area contributed by atoms with Gasteiger partial charge in [-0.25, -0.2) is 9.59 Å². The molecule has 0 spiro atoms. The van der Waals surface area contributed by atoms with E-state index >= 15 is 0 Å². The van der Waals surface area contributed by atoms with E-state index < -0.39 is 18.0 Å². The summed E-state index contributed by atoms with van der Waals surface area (Å²) in [6.45, 7) is 4.87. The molecule has 1 fully saturated rings. The molecule has 0 aromatic heterocycles. The highest BCUT2D eigenvalue weighted by molar-refractivity contribution is 5.90. The molecule has 3 N–H and O–H groups in total. The van der Waals surface area contributed by atoms with E-state index in [0.29, 0.717) is 6.54 Å². The van der Waals surface area contributed by atoms with E-state index in [-0.39, 0.29) is 24.4 Å². The lowest BCUT2D eigenvalue weighted by molar-refractivity contribution is -0.144. The zero-order valence-corrected chi connectivity index (χ0v) is 13.0. The molecular formula is C13H24N4O4. The molecule has 8 heteroatoms. The van der Waals surface area contributed by atoms with Crippen LogP contribution in [0.15, 0.2) is 0 Å². The molecule has 0 aromatic rings. The van der Waals surface area contributed by atoms with Gasteiger partial charge in [0, 0.05) is 19.6 Å². The van der Waals surface area contributed by atoms with Gasteiger partial charge in [0.1, 0.15) is 12.6 Å². The second-order valence-corrected chi connectivity index (χ2v) is 6.35. The summed E-state index contributed by atoms with van der Waals surface area (Å²) in [6.07, 6.45) is 0. The number of rotatable bonds is 5. The summed E-state index contributed by atoms with van der Waals surface area (Å²) < 4.78 is 0. The number of aliphatic carboxylic acids is 1. The monoisotopic (exact) mass is 300 g/mol. The number of urea groups is 1. The first-order valence-corrected chi connectivity index (χ1v) is 6.81. The van der Waals surface area contributed by atoms with Gasteiger partial charge in [0.2, 0.25) is 5.91 Å². The highest BCUT2D eigenvalue weighted by atomic mass is 16.4. The van der Waals surface area contributed by atoms with Crippen molar-refractivity contribution in [2.75, 3.05) is 40.3 Å². The Labute approximate surface area is 124 Å². The molecule has 0 saturated carbocycles. The normalized spacial score (nSPS) is 19.4. The van der Waals surface area contributed by atoms with Gasteiger partial charge in [0.05, 0.1) is 0 Å². The van der Waals surface area contributed by atoms with Crippen LogP contribution in [0.3, 0.4) is 0 Å². The number of hydrogen-bond acceptors (Lipinski definition) is 4. The van der Waals surface area contributed by atoms with Crippen molar-refractivity contribution in [3.8, 4) is 0 Å². The third-order valence-corrected chi connectivity index (χ3v) is 3.19. The summed E-state index contributed by atoms with van der Waals surface area (Å²) in [4.78, 5) is 37.7. The highest BCUT2D eigenvalue weighted by Crippen LogP contribution is 2.14. The maximum Gasteiger partial charge on any atom is 0.328 e. The minimum absolute atomic E-state index is 0.0668. The molecule has 1 rings (SSSR count). The summed E-state index contributed by atoms with van der Waals surface area (Å²) in [7, 11) is 3.89. The van der Waals surface area contributed by atoms with Crippen LogP contribution in [0, 0.1) is 5.41 Å². The van der Waals surface area contributed by atoms with Gasteiger partial charge in [-0.05, 0) is 19.5 Å². The summed E-state index contributed by atoms with van der Waals surface area (Å²) in [5.41, 5.74) is -0.157. The van der Waals surface area contributed by atoms with E-state index in [1.807, 2.05) is 32.8 Å². The fraction of sp³-hybridized carbons (Fsp3) is 0.769. The second-order valence-electron chi connectivity index (χ2n) is 6.35. The molecule has 1 saturated heterocycles. The molecule has 1 aliphatic heterocycles. The average Bonchev–Trinajstić information content (AvgIpc) is 2.34. The number of piperazine rings is 1. The molecular weight excluding hydrogens is 276 g/mol. The number of nitrogens with one attached hydrogen (secondary N) is 2. The van der Waals surface area contributed by atoms with Gasteiger partial charge < -0.3 is 20.6 Å². The largest absolute Gasteiger partial charge is 0.480 e. The molecule has 0 bridgehead atoms. The van der Waals surface area contributed by atoms with Gasteiger partial charge in [0.15, 0.2) is 0 Å². The Morgan fingerprint density at radius 1 is 1.48 bits per heavy atom. The van der Waals surface area contributed by atoms with E-state index in [9.17, 15) is 14.4 Å². The Balaban J connectivity index is 2.63. The van der Waals surface area contributed by atoms with E-state index in [4.69, 9.17) is 5.11 Å². The van der Waals surface area contributed by atoms with Crippen LogP contribution in [0.25, 0.3) is 0 Å². The first-order valence-electron chi connectivity index (χ1n) is 6.81. The Kier molecular flexibility index (Phi) is 5.54. The van der Waals surface area contributed by atoms with Crippen LogP contribution in [-0.4, -0.2) is 79.1 Å². The van der Waals surface area contributed by atoms with Crippen LogP contribution in [-0.2, 0) is 9.59 Å². The topological polar surface area (TPSA) is 102 Å². The summed E-state index contributed by atoms with van der Waals surface area (Å²) in [5, 5.41) is 14.3. The maximum atomic E-state index is 12.1. The first-order chi connectivity index (χ1) is 9.62. The van der Waals surface area contributed by atoms with E-state index in [1.165, 1.54) is 0 Å². The van der Waals surface area contributed by atoms with Crippen LogP contribution in [0.2, 0.25) is 0 Å². The van der Waals surface area contributed by atoms with Crippen LogP contribution in [0.4, 0.5) is 4.79 Å².